The molecular weight excluding hydrogens is 376 g/mol. The zero-order valence-electron chi connectivity index (χ0n) is 16.5. The van der Waals surface area contributed by atoms with Gasteiger partial charge in [-0.25, -0.2) is 9.78 Å². The minimum atomic E-state index is -0.365. The van der Waals surface area contributed by atoms with Crippen LogP contribution >= 0.6 is 0 Å². The molecule has 5 rings (SSSR count). The molecule has 4 aromatic rings. The summed E-state index contributed by atoms with van der Waals surface area (Å²) in [6, 6.07) is 21.7. The summed E-state index contributed by atoms with van der Waals surface area (Å²) in [5, 5.41) is 0. The Kier molecular flexibility index (Phi) is 4.56. The van der Waals surface area contributed by atoms with Gasteiger partial charge in [-0.2, -0.15) is 0 Å². The Morgan fingerprint density at radius 2 is 1.93 bits per heavy atom. The molecule has 148 valence electrons. The summed E-state index contributed by atoms with van der Waals surface area (Å²) in [6.07, 6.45) is 4.02. The Morgan fingerprint density at radius 1 is 1.10 bits per heavy atom. The van der Waals surface area contributed by atoms with Crippen LogP contribution in [0.4, 0.5) is 0 Å². The molecule has 5 heteroatoms. The largest absolute Gasteiger partial charge is 0.488 e. The lowest BCUT2D eigenvalue weighted by atomic mass is 9.93. The van der Waals surface area contributed by atoms with Gasteiger partial charge in [-0.3, -0.25) is 0 Å². The molecule has 0 atom stereocenters. The molecule has 0 aliphatic carbocycles. The molecule has 2 heterocycles. The van der Waals surface area contributed by atoms with Gasteiger partial charge in [-0.1, -0.05) is 42.5 Å². The van der Waals surface area contributed by atoms with E-state index < -0.39 is 0 Å². The van der Waals surface area contributed by atoms with Crippen molar-refractivity contribution in [2.24, 2.45) is 0 Å². The Balaban J connectivity index is 1.65. The summed E-state index contributed by atoms with van der Waals surface area (Å²) in [6.45, 7) is 1.12. The Hall–Kier alpha value is -3.86. The molecule has 0 bridgehead atoms. The van der Waals surface area contributed by atoms with Crippen LogP contribution in [0.2, 0.25) is 0 Å². The molecule has 0 radical (unpaired) electrons. The zero-order chi connectivity index (χ0) is 20.5. The van der Waals surface area contributed by atoms with Gasteiger partial charge in [0.05, 0.1) is 30.0 Å². The smallest absolute Gasteiger partial charge is 0.337 e. The number of carbonyl (C=O) groups is 1. The van der Waals surface area contributed by atoms with Gasteiger partial charge in [0.2, 0.25) is 0 Å². The van der Waals surface area contributed by atoms with E-state index in [-0.39, 0.29) is 5.97 Å². The van der Waals surface area contributed by atoms with E-state index in [1.54, 1.807) is 6.07 Å². The highest BCUT2D eigenvalue weighted by atomic mass is 16.5. The number of hydrogen-bond donors (Lipinski definition) is 0. The van der Waals surface area contributed by atoms with E-state index in [0.29, 0.717) is 18.7 Å². The molecule has 1 aliphatic rings. The third-order valence-corrected chi connectivity index (χ3v) is 5.40. The van der Waals surface area contributed by atoms with E-state index in [4.69, 9.17) is 9.47 Å². The summed E-state index contributed by atoms with van der Waals surface area (Å²) in [7, 11) is 1.39. The predicted octanol–water partition coefficient (Wildman–Crippen LogP) is 4.85. The average molecular weight is 396 g/mol. The summed E-state index contributed by atoms with van der Waals surface area (Å²) in [4.78, 5) is 16.6. The standard InChI is InChI=1S/C25H20N2O3/c1-29-25(28)17-10-11-24-21(14-17)20(19-7-3-2-6-18(19)15-30-24)12-13-27-16-26-22-8-4-5-9-23(22)27/h2-12,14,16H,13,15H2,1H3/b20-12+. The van der Waals surface area contributed by atoms with Gasteiger partial charge in [0.15, 0.2) is 0 Å². The van der Waals surface area contributed by atoms with Gasteiger partial charge in [-0.15, -0.1) is 0 Å². The van der Waals surface area contributed by atoms with Crippen LogP contribution in [0.25, 0.3) is 16.6 Å². The number of hydrogen-bond acceptors (Lipinski definition) is 4. The van der Waals surface area contributed by atoms with E-state index in [9.17, 15) is 4.79 Å². The Morgan fingerprint density at radius 3 is 2.83 bits per heavy atom. The van der Waals surface area contributed by atoms with Crippen molar-refractivity contribution < 1.29 is 14.3 Å². The maximum atomic E-state index is 12.1. The first-order valence-corrected chi connectivity index (χ1v) is 9.78. The van der Waals surface area contributed by atoms with Crippen molar-refractivity contribution >= 4 is 22.6 Å². The van der Waals surface area contributed by atoms with Crippen molar-refractivity contribution in [3.63, 3.8) is 0 Å². The van der Waals surface area contributed by atoms with Gasteiger partial charge in [0.25, 0.3) is 0 Å². The molecule has 0 saturated heterocycles. The van der Waals surface area contributed by atoms with Gasteiger partial charge in [0, 0.05) is 12.1 Å². The van der Waals surface area contributed by atoms with E-state index in [1.165, 1.54) is 7.11 Å². The van der Waals surface area contributed by atoms with Crippen LogP contribution in [-0.2, 0) is 17.9 Å². The van der Waals surface area contributed by atoms with Gasteiger partial charge in [-0.05, 0) is 47.0 Å². The number of benzene rings is 3. The van der Waals surface area contributed by atoms with Crippen LogP contribution in [-0.4, -0.2) is 22.6 Å². The fourth-order valence-corrected chi connectivity index (χ4v) is 3.89. The topological polar surface area (TPSA) is 53.4 Å². The van der Waals surface area contributed by atoms with E-state index >= 15 is 0 Å². The molecule has 5 nitrogen and oxygen atoms in total. The van der Waals surface area contributed by atoms with Crippen LogP contribution in [0.1, 0.15) is 27.0 Å². The Labute approximate surface area is 174 Å². The first kappa shape index (κ1) is 18.2. The first-order chi connectivity index (χ1) is 14.7. The minimum absolute atomic E-state index is 0.365. The molecule has 30 heavy (non-hydrogen) atoms. The number of fused-ring (bicyclic) bond motifs is 3. The molecule has 0 fully saturated rings. The second kappa shape index (κ2) is 7.52. The third kappa shape index (κ3) is 3.14. The highest BCUT2D eigenvalue weighted by molar-refractivity contribution is 5.93. The fourth-order valence-electron chi connectivity index (χ4n) is 3.89. The number of carbonyl (C=O) groups excluding carboxylic acids is 1. The van der Waals surface area contributed by atoms with Gasteiger partial charge < -0.3 is 14.0 Å². The van der Waals surface area contributed by atoms with Crippen LogP contribution < -0.4 is 4.74 Å². The summed E-state index contributed by atoms with van der Waals surface area (Å²) < 4.78 is 13.1. The molecular formula is C25H20N2O3. The summed E-state index contributed by atoms with van der Waals surface area (Å²) in [5.41, 5.74) is 6.66. The maximum absolute atomic E-state index is 12.1. The van der Waals surface area contributed by atoms with Crippen molar-refractivity contribution in [2.75, 3.05) is 7.11 Å². The summed E-state index contributed by atoms with van der Waals surface area (Å²) >= 11 is 0. The normalized spacial score (nSPS) is 14.0. The Bertz CT molecular complexity index is 1290. The number of para-hydroxylation sites is 2. The number of allylic oxidation sites excluding steroid dienone is 1. The highest BCUT2D eigenvalue weighted by Crippen LogP contribution is 2.37. The van der Waals surface area contributed by atoms with Gasteiger partial charge >= 0.3 is 5.97 Å². The predicted molar refractivity (Wildman–Crippen MR) is 115 cm³/mol. The lowest BCUT2D eigenvalue weighted by Crippen LogP contribution is -2.03. The number of ether oxygens (including phenoxy) is 2. The van der Waals surface area contributed by atoms with Crippen LogP contribution in [0, 0.1) is 0 Å². The fraction of sp³-hybridized carbons (Fsp3) is 0.120. The summed E-state index contributed by atoms with van der Waals surface area (Å²) in [5.74, 6) is 0.385. The first-order valence-electron chi connectivity index (χ1n) is 9.78. The molecule has 0 unspecified atom stereocenters. The van der Waals surface area contributed by atoms with Crippen LogP contribution in [0.5, 0.6) is 5.75 Å². The van der Waals surface area contributed by atoms with Crippen molar-refractivity contribution in [3.8, 4) is 5.75 Å². The monoisotopic (exact) mass is 396 g/mol. The second-order valence-electron chi connectivity index (χ2n) is 7.15. The molecule has 0 spiro atoms. The molecule has 0 saturated carbocycles. The molecule has 1 aliphatic heterocycles. The number of aromatic nitrogens is 2. The molecule has 0 N–H and O–H groups in total. The molecule has 3 aromatic carbocycles. The zero-order valence-corrected chi connectivity index (χ0v) is 16.5. The van der Waals surface area contributed by atoms with Crippen LogP contribution in [0.15, 0.2) is 79.1 Å². The number of imidazole rings is 1. The van der Waals surface area contributed by atoms with Crippen molar-refractivity contribution in [1.29, 1.82) is 0 Å². The number of methoxy groups -OCH3 is 1. The number of esters is 1. The second-order valence-corrected chi connectivity index (χ2v) is 7.15. The highest BCUT2D eigenvalue weighted by Gasteiger charge is 2.21. The lowest BCUT2D eigenvalue weighted by Gasteiger charge is -2.12. The van der Waals surface area contributed by atoms with E-state index in [0.717, 1.165) is 39.0 Å². The SMILES string of the molecule is COC(=O)c1ccc2c(c1)/C(=C/Cn1cnc3ccccc31)c1ccccc1CO2. The van der Waals surface area contributed by atoms with E-state index in [2.05, 4.69) is 33.8 Å². The quantitative estimate of drug-likeness (QED) is 0.465. The molecule has 0 amide bonds. The average Bonchev–Trinajstić information content (AvgIpc) is 3.14. The number of rotatable bonds is 3. The van der Waals surface area contributed by atoms with Crippen molar-refractivity contribution in [3.05, 3.63) is 101 Å². The molecule has 1 aromatic heterocycles. The van der Waals surface area contributed by atoms with Crippen LogP contribution in [0.3, 0.4) is 0 Å². The maximum Gasteiger partial charge on any atom is 0.337 e. The lowest BCUT2D eigenvalue weighted by molar-refractivity contribution is 0.0600. The minimum Gasteiger partial charge on any atom is -0.488 e. The third-order valence-electron chi connectivity index (χ3n) is 5.40. The number of nitrogens with zero attached hydrogens (tertiary/aromatic N) is 2. The van der Waals surface area contributed by atoms with E-state index in [1.807, 2.05) is 48.8 Å². The van der Waals surface area contributed by atoms with Crippen molar-refractivity contribution in [1.82, 2.24) is 9.55 Å². The van der Waals surface area contributed by atoms with Gasteiger partial charge in [0.1, 0.15) is 12.4 Å². The van der Waals surface area contributed by atoms with Crippen molar-refractivity contribution in [2.45, 2.75) is 13.2 Å².